The number of amides is 1. The van der Waals surface area contributed by atoms with Crippen LogP contribution in [0.15, 0.2) is 72.8 Å². The second-order valence-electron chi connectivity index (χ2n) is 8.33. The van der Waals surface area contributed by atoms with Crippen LogP contribution in [0.3, 0.4) is 0 Å². The number of anilines is 2. The number of hydrogen-bond acceptors (Lipinski definition) is 5. The van der Waals surface area contributed by atoms with Gasteiger partial charge in [-0.15, -0.1) is 5.10 Å². The van der Waals surface area contributed by atoms with Crippen molar-refractivity contribution >= 4 is 41.0 Å². The Morgan fingerprint density at radius 2 is 1.63 bits per heavy atom. The van der Waals surface area contributed by atoms with Gasteiger partial charge in [-0.05, 0) is 59.5 Å². The predicted octanol–water partition coefficient (Wildman–Crippen LogP) is 5.92. The summed E-state index contributed by atoms with van der Waals surface area (Å²) < 4.78 is 6.99. The summed E-state index contributed by atoms with van der Waals surface area (Å²) >= 11 is 12.2. The molecule has 4 aromatic rings. The van der Waals surface area contributed by atoms with Crippen molar-refractivity contribution in [1.82, 2.24) is 14.8 Å². The zero-order chi connectivity index (χ0) is 24.4. The Labute approximate surface area is 213 Å². The van der Waals surface area contributed by atoms with Crippen LogP contribution in [-0.4, -0.2) is 27.8 Å². The molecule has 2 N–H and O–H groups in total. The van der Waals surface area contributed by atoms with E-state index in [0.29, 0.717) is 16.0 Å². The summed E-state index contributed by atoms with van der Waals surface area (Å²) in [5.41, 5.74) is 3.01. The van der Waals surface area contributed by atoms with E-state index in [0.717, 1.165) is 28.9 Å². The van der Waals surface area contributed by atoms with Gasteiger partial charge in [-0.1, -0.05) is 59.6 Å². The molecule has 1 aromatic heterocycles. The quantitative estimate of drug-likeness (QED) is 0.338. The van der Waals surface area contributed by atoms with Crippen LogP contribution in [-0.2, 0) is 11.2 Å². The summed E-state index contributed by atoms with van der Waals surface area (Å²) in [6, 6.07) is 22.7. The van der Waals surface area contributed by atoms with Gasteiger partial charge >= 0.3 is 0 Å². The van der Waals surface area contributed by atoms with E-state index < -0.39 is 0 Å². The average molecular weight is 508 g/mol. The largest absolute Gasteiger partial charge is 0.497 e. The third-order valence-corrected chi connectivity index (χ3v) is 6.49. The lowest BCUT2D eigenvalue weighted by atomic mass is 9.93. The van der Waals surface area contributed by atoms with Crippen LogP contribution in [0.4, 0.5) is 11.9 Å². The average Bonchev–Trinajstić information content (AvgIpc) is 3.27. The lowest BCUT2D eigenvalue weighted by Crippen LogP contribution is -2.28. The molecule has 0 saturated heterocycles. The van der Waals surface area contributed by atoms with Crippen LogP contribution >= 0.6 is 23.2 Å². The lowest BCUT2D eigenvalue weighted by Gasteiger charge is -2.31. The highest BCUT2D eigenvalue weighted by molar-refractivity contribution is 6.30. The molecule has 2 atom stereocenters. The molecule has 9 heteroatoms. The monoisotopic (exact) mass is 507 g/mol. The van der Waals surface area contributed by atoms with Gasteiger partial charge in [0.1, 0.15) is 5.75 Å². The maximum atomic E-state index is 12.7. The normalized spacial score (nSPS) is 16.8. The number of rotatable bonds is 6. The second-order valence-corrected chi connectivity index (χ2v) is 9.20. The highest BCUT2D eigenvalue weighted by atomic mass is 35.5. The van der Waals surface area contributed by atoms with Gasteiger partial charge in [-0.3, -0.25) is 10.1 Å². The van der Waals surface area contributed by atoms with Crippen LogP contribution in [0.2, 0.25) is 10.0 Å². The smallest absolute Gasteiger partial charge is 0.250 e. The first-order valence-corrected chi connectivity index (χ1v) is 11.9. The number of ether oxygens (including phenoxy) is 1. The van der Waals surface area contributed by atoms with Gasteiger partial charge in [0.2, 0.25) is 11.9 Å². The van der Waals surface area contributed by atoms with E-state index in [-0.39, 0.29) is 30.4 Å². The van der Waals surface area contributed by atoms with Crippen LogP contribution in [0.1, 0.15) is 35.2 Å². The Balaban J connectivity index is 1.40. The summed E-state index contributed by atoms with van der Waals surface area (Å²) in [5, 5.41) is 12.3. The summed E-state index contributed by atoms with van der Waals surface area (Å²) in [7, 11) is 1.61. The Morgan fingerprint density at radius 1 is 1.00 bits per heavy atom. The molecule has 0 saturated carbocycles. The minimum Gasteiger partial charge on any atom is -0.497 e. The van der Waals surface area contributed by atoms with Crippen molar-refractivity contribution in [3.8, 4) is 5.75 Å². The van der Waals surface area contributed by atoms with Crippen LogP contribution in [0.5, 0.6) is 5.75 Å². The van der Waals surface area contributed by atoms with Gasteiger partial charge in [-0.25, -0.2) is 4.68 Å². The Kier molecular flexibility index (Phi) is 6.61. The molecular formula is C26H23Cl2N5O2. The number of fused-ring (bicyclic) bond motifs is 1. The van der Waals surface area contributed by atoms with Crippen molar-refractivity contribution in [1.29, 1.82) is 0 Å². The first-order chi connectivity index (χ1) is 17.0. The molecule has 35 heavy (non-hydrogen) atoms. The number of benzene rings is 3. The Bertz CT molecular complexity index is 1320. The molecule has 0 fully saturated rings. The van der Waals surface area contributed by atoms with E-state index in [4.69, 9.17) is 27.9 Å². The minimum absolute atomic E-state index is 0.00695. The molecule has 2 heterocycles. The molecule has 0 bridgehead atoms. The standard InChI is InChI=1S/C26H23Cl2N5O2/c1-35-21-12-2-16(3-13-21)14-24(34)30-25-31-26-29-22(17-4-8-19(27)9-5-17)15-23(33(26)32-25)18-6-10-20(28)11-7-18/h2-13,22-23H,14-15H2,1H3,(H2,29,30,31,32,34)/t22-,23-/m1/s1. The fourth-order valence-corrected chi connectivity index (χ4v) is 4.46. The zero-order valence-corrected chi connectivity index (χ0v) is 20.4. The number of aromatic nitrogens is 3. The number of nitrogens with zero attached hydrogens (tertiary/aromatic N) is 3. The molecule has 178 valence electrons. The number of hydrogen-bond donors (Lipinski definition) is 2. The van der Waals surface area contributed by atoms with Gasteiger partial charge in [0, 0.05) is 10.0 Å². The van der Waals surface area contributed by atoms with Gasteiger partial charge in [0.05, 0.1) is 25.6 Å². The fraction of sp³-hybridized carbons (Fsp3) is 0.192. The Morgan fingerprint density at radius 3 is 2.26 bits per heavy atom. The van der Waals surface area contributed by atoms with Crippen molar-refractivity contribution in [3.05, 3.63) is 99.5 Å². The van der Waals surface area contributed by atoms with Crippen molar-refractivity contribution < 1.29 is 9.53 Å². The van der Waals surface area contributed by atoms with Crippen molar-refractivity contribution in [2.45, 2.75) is 24.9 Å². The Hall–Kier alpha value is -3.55. The molecule has 5 rings (SSSR count). The fourth-order valence-electron chi connectivity index (χ4n) is 4.20. The summed E-state index contributed by atoms with van der Waals surface area (Å²) in [6.45, 7) is 0. The van der Waals surface area contributed by atoms with Crippen LogP contribution < -0.4 is 15.4 Å². The number of carbonyl (C=O) groups is 1. The molecular weight excluding hydrogens is 485 g/mol. The van der Waals surface area contributed by atoms with Gasteiger partial charge in [0.25, 0.3) is 5.95 Å². The minimum atomic E-state index is -0.199. The molecule has 0 unspecified atom stereocenters. The lowest BCUT2D eigenvalue weighted by molar-refractivity contribution is -0.115. The summed E-state index contributed by atoms with van der Waals surface area (Å²) in [6.07, 6.45) is 0.939. The molecule has 1 aliphatic rings. The van der Waals surface area contributed by atoms with Crippen molar-refractivity contribution in [3.63, 3.8) is 0 Å². The number of carbonyl (C=O) groups excluding carboxylic acids is 1. The van der Waals surface area contributed by atoms with E-state index in [1.165, 1.54) is 0 Å². The molecule has 0 aliphatic carbocycles. The first kappa shape index (κ1) is 23.2. The van der Waals surface area contributed by atoms with Crippen molar-refractivity contribution in [2.24, 2.45) is 0 Å². The van der Waals surface area contributed by atoms with Crippen LogP contribution in [0, 0.1) is 0 Å². The van der Waals surface area contributed by atoms with E-state index in [1.54, 1.807) is 7.11 Å². The first-order valence-electron chi connectivity index (χ1n) is 11.2. The number of nitrogens with one attached hydrogen (secondary N) is 2. The third kappa shape index (κ3) is 5.26. The molecule has 0 spiro atoms. The summed E-state index contributed by atoms with van der Waals surface area (Å²) in [4.78, 5) is 17.3. The predicted molar refractivity (Wildman–Crippen MR) is 137 cm³/mol. The summed E-state index contributed by atoms with van der Waals surface area (Å²) in [5.74, 6) is 1.38. The second kappa shape index (κ2) is 9.98. The van der Waals surface area contributed by atoms with Gasteiger partial charge in [-0.2, -0.15) is 4.98 Å². The molecule has 1 aliphatic heterocycles. The maximum absolute atomic E-state index is 12.7. The number of methoxy groups -OCH3 is 1. The van der Waals surface area contributed by atoms with E-state index in [2.05, 4.69) is 20.7 Å². The molecule has 7 nitrogen and oxygen atoms in total. The van der Waals surface area contributed by atoms with Crippen LogP contribution in [0.25, 0.3) is 0 Å². The zero-order valence-electron chi connectivity index (χ0n) is 18.9. The highest BCUT2D eigenvalue weighted by Gasteiger charge is 2.31. The van der Waals surface area contributed by atoms with Gasteiger partial charge < -0.3 is 10.1 Å². The van der Waals surface area contributed by atoms with E-state index in [1.807, 2.05) is 77.5 Å². The van der Waals surface area contributed by atoms with E-state index >= 15 is 0 Å². The molecule has 0 radical (unpaired) electrons. The third-order valence-electron chi connectivity index (χ3n) is 5.99. The SMILES string of the molecule is COc1ccc(CC(=O)Nc2nc3n(n2)[C@@H](c2ccc(Cl)cc2)C[C@H](c2ccc(Cl)cc2)N3)cc1. The molecule has 1 amide bonds. The topological polar surface area (TPSA) is 81.1 Å². The molecule has 3 aromatic carbocycles. The van der Waals surface area contributed by atoms with Gasteiger partial charge in [0.15, 0.2) is 0 Å². The van der Waals surface area contributed by atoms with Crippen molar-refractivity contribution in [2.75, 3.05) is 17.7 Å². The van der Waals surface area contributed by atoms with E-state index in [9.17, 15) is 4.79 Å². The maximum Gasteiger partial charge on any atom is 0.250 e. The highest BCUT2D eigenvalue weighted by Crippen LogP contribution is 2.38. The number of halogens is 2.